The predicted molar refractivity (Wildman–Crippen MR) is 59.7 cm³/mol. The molecule has 2 rings (SSSR count). The number of carbonyl (C=O) groups excluding carboxylic acids is 1. The van der Waals surface area contributed by atoms with Crippen molar-refractivity contribution in [3.05, 3.63) is 35.4 Å². The highest BCUT2D eigenvalue weighted by Gasteiger charge is 2.33. The summed E-state index contributed by atoms with van der Waals surface area (Å²) in [6.07, 6.45) is -4.38. The summed E-state index contributed by atoms with van der Waals surface area (Å²) in [6, 6.07) is 5.36. The van der Waals surface area contributed by atoms with Gasteiger partial charge in [0.2, 0.25) is 5.91 Å². The Kier molecular flexibility index (Phi) is 3.56. The molecule has 0 saturated carbocycles. The summed E-state index contributed by atoms with van der Waals surface area (Å²) in [5.41, 5.74) is -0.531. The molecular formula is C12H13F3N2O. The van der Waals surface area contributed by atoms with Crippen LogP contribution in [0.25, 0.3) is 0 Å². The zero-order valence-electron chi connectivity index (χ0n) is 9.63. The third-order valence-electron chi connectivity index (χ3n) is 2.87. The fourth-order valence-electron chi connectivity index (χ4n) is 1.95. The van der Waals surface area contributed by atoms with Gasteiger partial charge in [-0.3, -0.25) is 4.79 Å². The summed E-state index contributed by atoms with van der Waals surface area (Å²) in [4.78, 5) is 13.0. The molecule has 0 atom stereocenters. The maximum atomic E-state index is 12.8. The third-order valence-corrected chi connectivity index (χ3v) is 2.87. The van der Waals surface area contributed by atoms with Gasteiger partial charge in [-0.25, -0.2) is 0 Å². The Hall–Kier alpha value is -1.56. The molecular weight excluding hydrogens is 245 g/mol. The van der Waals surface area contributed by atoms with E-state index in [9.17, 15) is 18.0 Å². The molecule has 1 saturated heterocycles. The average molecular weight is 258 g/mol. The van der Waals surface area contributed by atoms with Crippen molar-refractivity contribution < 1.29 is 18.0 Å². The summed E-state index contributed by atoms with van der Waals surface area (Å²) >= 11 is 0. The monoisotopic (exact) mass is 258 g/mol. The second kappa shape index (κ2) is 4.97. The number of nitrogens with zero attached hydrogens (tertiary/aromatic N) is 1. The fourth-order valence-corrected chi connectivity index (χ4v) is 1.95. The van der Waals surface area contributed by atoms with Gasteiger partial charge in [-0.1, -0.05) is 18.2 Å². The van der Waals surface area contributed by atoms with Crippen LogP contribution < -0.4 is 5.32 Å². The molecule has 1 amide bonds. The van der Waals surface area contributed by atoms with Gasteiger partial charge in [-0.2, -0.15) is 13.2 Å². The number of hydrogen-bond donors (Lipinski definition) is 1. The van der Waals surface area contributed by atoms with E-state index in [1.165, 1.54) is 17.0 Å². The van der Waals surface area contributed by atoms with Gasteiger partial charge in [0, 0.05) is 19.6 Å². The number of hydrogen-bond acceptors (Lipinski definition) is 2. The van der Waals surface area contributed by atoms with Crippen molar-refractivity contribution in [2.75, 3.05) is 19.6 Å². The lowest BCUT2D eigenvalue weighted by molar-refractivity contribution is -0.140. The minimum atomic E-state index is -4.38. The van der Waals surface area contributed by atoms with Crippen molar-refractivity contribution in [2.45, 2.75) is 12.7 Å². The fraction of sp³-hybridized carbons (Fsp3) is 0.417. The summed E-state index contributed by atoms with van der Waals surface area (Å²) < 4.78 is 38.4. The topological polar surface area (TPSA) is 32.3 Å². The molecule has 1 aromatic carbocycles. The Labute approximate surface area is 103 Å². The van der Waals surface area contributed by atoms with E-state index in [2.05, 4.69) is 5.32 Å². The molecule has 0 aliphatic carbocycles. The highest BCUT2D eigenvalue weighted by Crippen LogP contribution is 2.32. The lowest BCUT2D eigenvalue weighted by atomic mass is 10.1. The summed E-state index contributed by atoms with van der Waals surface area (Å²) in [6.45, 7) is 1.25. The van der Waals surface area contributed by atoms with Crippen LogP contribution in [0.4, 0.5) is 13.2 Å². The highest BCUT2D eigenvalue weighted by molar-refractivity contribution is 5.79. The third kappa shape index (κ3) is 2.81. The first-order valence-corrected chi connectivity index (χ1v) is 5.62. The predicted octanol–water partition coefficient (Wildman–Crippen LogP) is 1.64. The quantitative estimate of drug-likeness (QED) is 0.874. The van der Waals surface area contributed by atoms with Crippen molar-refractivity contribution in [2.24, 2.45) is 0 Å². The van der Waals surface area contributed by atoms with Crippen LogP contribution in [-0.4, -0.2) is 30.4 Å². The number of alkyl halides is 3. The molecule has 1 fully saturated rings. The van der Waals surface area contributed by atoms with Gasteiger partial charge in [0.25, 0.3) is 0 Å². The Morgan fingerprint density at radius 1 is 1.28 bits per heavy atom. The largest absolute Gasteiger partial charge is 0.416 e. The smallest absolute Gasteiger partial charge is 0.336 e. The van der Waals surface area contributed by atoms with Gasteiger partial charge in [-0.15, -0.1) is 0 Å². The van der Waals surface area contributed by atoms with Crippen molar-refractivity contribution in [1.29, 1.82) is 0 Å². The van der Waals surface area contributed by atoms with Crippen LogP contribution in [0.15, 0.2) is 24.3 Å². The summed E-state index contributed by atoms with van der Waals surface area (Å²) in [7, 11) is 0. The van der Waals surface area contributed by atoms with Crippen molar-refractivity contribution >= 4 is 5.91 Å². The molecule has 0 spiro atoms. The first kappa shape index (κ1) is 12.9. The molecule has 0 unspecified atom stereocenters. The zero-order chi connectivity index (χ0) is 13.2. The van der Waals surface area contributed by atoms with Crippen LogP contribution in [0, 0.1) is 0 Å². The molecule has 0 radical (unpaired) electrons. The van der Waals surface area contributed by atoms with Crippen molar-refractivity contribution in [3.63, 3.8) is 0 Å². The number of amides is 1. The van der Waals surface area contributed by atoms with Gasteiger partial charge in [0.05, 0.1) is 12.1 Å². The van der Waals surface area contributed by atoms with Crippen LogP contribution in [0.3, 0.4) is 0 Å². The van der Waals surface area contributed by atoms with E-state index >= 15 is 0 Å². The number of piperazine rings is 1. The Bertz CT molecular complexity index is 445. The number of carbonyl (C=O) groups is 1. The number of benzene rings is 1. The second-order valence-corrected chi connectivity index (χ2v) is 4.15. The minimum Gasteiger partial charge on any atom is -0.336 e. The standard InChI is InChI=1S/C12H13F3N2O/c13-12(14,15)10-4-2-1-3-9(10)8-17-6-5-16-7-11(17)18/h1-4,16H,5-8H2. The number of rotatable bonds is 2. The molecule has 6 heteroatoms. The molecule has 1 aliphatic heterocycles. The highest BCUT2D eigenvalue weighted by atomic mass is 19.4. The number of halogens is 3. The zero-order valence-corrected chi connectivity index (χ0v) is 9.63. The number of nitrogens with one attached hydrogen (secondary N) is 1. The van der Waals surface area contributed by atoms with E-state index < -0.39 is 11.7 Å². The first-order valence-electron chi connectivity index (χ1n) is 5.62. The van der Waals surface area contributed by atoms with Crippen molar-refractivity contribution in [3.8, 4) is 0 Å². The molecule has 1 N–H and O–H groups in total. The minimum absolute atomic E-state index is 0.0101. The summed E-state index contributed by atoms with van der Waals surface area (Å²) in [5.74, 6) is -0.168. The summed E-state index contributed by atoms with van der Waals surface area (Å²) in [5, 5.41) is 2.88. The Morgan fingerprint density at radius 3 is 2.67 bits per heavy atom. The van der Waals surface area contributed by atoms with E-state index in [1.54, 1.807) is 6.07 Å². The lowest BCUT2D eigenvalue weighted by Gasteiger charge is -2.28. The first-order chi connectivity index (χ1) is 8.48. The van der Waals surface area contributed by atoms with Gasteiger partial charge in [0.1, 0.15) is 0 Å². The van der Waals surface area contributed by atoms with Crippen molar-refractivity contribution in [1.82, 2.24) is 10.2 Å². The molecule has 1 heterocycles. The van der Waals surface area contributed by atoms with Crippen LogP contribution in [0.5, 0.6) is 0 Å². The second-order valence-electron chi connectivity index (χ2n) is 4.15. The molecule has 0 bridgehead atoms. The van der Waals surface area contributed by atoms with Crippen LogP contribution in [0.1, 0.15) is 11.1 Å². The average Bonchev–Trinajstić information content (AvgIpc) is 2.31. The van der Waals surface area contributed by atoms with Gasteiger partial charge in [-0.05, 0) is 11.6 Å². The van der Waals surface area contributed by atoms with E-state index in [0.29, 0.717) is 13.1 Å². The maximum absolute atomic E-state index is 12.8. The Balaban J connectivity index is 2.21. The van der Waals surface area contributed by atoms with Gasteiger partial charge < -0.3 is 10.2 Å². The van der Waals surface area contributed by atoms with Crippen LogP contribution >= 0.6 is 0 Å². The molecule has 18 heavy (non-hydrogen) atoms. The van der Waals surface area contributed by atoms with Crippen LogP contribution in [0.2, 0.25) is 0 Å². The van der Waals surface area contributed by atoms with E-state index in [4.69, 9.17) is 0 Å². The normalized spacial score (nSPS) is 17.1. The Morgan fingerprint density at radius 2 is 2.00 bits per heavy atom. The SMILES string of the molecule is O=C1CNCCN1Cc1ccccc1C(F)(F)F. The van der Waals surface area contributed by atoms with Gasteiger partial charge >= 0.3 is 6.18 Å². The molecule has 3 nitrogen and oxygen atoms in total. The van der Waals surface area contributed by atoms with E-state index in [1.807, 2.05) is 0 Å². The van der Waals surface area contributed by atoms with Gasteiger partial charge in [0.15, 0.2) is 0 Å². The molecule has 0 aromatic heterocycles. The van der Waals surface area contributed by atoms with E-state index in [0.717, 1.165) is 6.07 Å². The molecule has 1 aromatic rings. The maximum Gasteiger partial charge on any atom is 0.416 e. The molecule has 1 aliphatic rings. The van der Waals surface area contributed by atoms with E-state index in [-0.39, 0.29) is 24.6 Å². The lowest BCUT2D eigenvalue weighted by Crippen LogP contribution is -2.47. The molecule has 98 valence electrons. The van der Waals surface area contributed by atoms with Crippen LogP contribution in [-0.2, 0) is 17.5 Å².